The maximum Gasteiger partial charge on any atom is 0.233 e. The van der Waals surface area contributed by atoms with E-state index in [2.05, 4.69) is 10.2 Å². The highest BCUT2D eigenvalue weighted by atomic mass is 32.2. The van der Waals surface area contributed by atoms with Gasteiger partial charge >= 0.3 is 0 Å². The standard InChI is InChI=1S/C18H23N3O4S/c1-15-9-10-18(20-19-15)25-17-8-5-11-21(14-17)26(22,23)13-12-24-16-6-3-2-4-7-16/h2-4,6-7,9-10,17H,5,8,11-14H2,1H3. The number of hydrogen-bond acceptors (Lipinski definition) is 6. The van der Waals surface area contributed by atoms with E-state index in [4.69, 9.17) is 9.47 Å². The number of nitrogens with zero attached hydrogens (tertiary/aromatic N) is 3. The number of para-hydroxylation sites is 1. The van der Waals surface area contributed by atoms with E-state index >= 15 is 0 Å². The number of benzene rings is 1. The number of piperidine rings is 1. The molecular formula is C18H23N3O4S. The van der Waals surface area contributed by atoms with Gasteiger partial charge < -0.3 is 9.47 Å². The Morgan fingerprint density at radius 2 is 1.96 bits per heavy atom. The zero-order valence-corrected chi connectivity index (χ0v) is 15.6. The van der Waals surface area contributed by atoms with E-state index in [1.54, 1.807) is 18.2 Å². The van der Waals surface area contributed by atoms with Crippen LogP contribution in [0.4, 0.5) is 0 Å². The van der Waals surface area contributed by atoms with Crippen molar-refractivity contribution in [2.24, 2.45) is 0 Å². The second-order valence-corrected chi connectivity index (χ2v) is 8.32. The van der Waals surface area contributed by atoms with Crippen LogP contribution < -0.4 is 9.47 Å². The number of rotatable bonds is 7. The van der Waals surface area contributed by atoms with Gasteiger partial charge in [-0.2, -0.15) is 9.40 Å². The first-order chi connectivity index (χ1) is 12.5. The summed E-state index contributed by atoms with van der Waals surface area (Å²) in [5.41, 5.74) is 0.809. The lowest BCUT2D eigenvalue weighted by molar-refractivity contribution is 0.123. The zero-order valence-electron chi connectivity index (χ0n) is 14.7. The summed E-state index contributed by atoms with van der Waals surface area (Å²) >= 11 is 0. The molecule has 140 valence electrons. The number of aryl methyl sites for hydroxylation is 1. The summed E-state index contributed by atoms with van der Waals surface area (Å²) in [4.78, 5) is 0. The lowest BCUT2D eigenvalue weighted by Gasteiger charge is -2.31. The quantitative estimate of drug-likeness (QED) is 0.734. The van der Waals surface area contributed by atoms with Crippen molar-refractivity contribution in [1.82, 2.24) is 14.5 Å². The van der Waals surface area contributed by atoms with Crippen LogP contribution in [0, 0.1) is 6.92 Å². The van der Waals surface area contributed by atoms with Gasteiger partial charge in [-0.3, -0.25) is 0 Å². The highest BCUT2D eigenvalue weighted by Crippen LogP contribution is 2.19. The molecule has 1 aliphatic heterocycles. The summed E-state index contributed by atoms with van der Waals surface area (Å²) in [6.45, 7) is 2.80. The van der Waals surface area contributed by atoms with Crippen molar-refractivity contribution < 1.29 is 17.9 Å². The first kappa shape index (κ1) is 18.6. The highest BCUT2D eigenvalue weighted by Gasteiger charge is 2.30. The van der Waals surface area contributed by atoms with Gasteiger partial charge in [0.05, 0.1) is 18.0 Å². The summed E-state index contributed by atoms with van der Waals surface area (Å²) in [6.07, 6.45) is 1.33. The van der Waals surface area contributed by atoms with Crippen molar-refractivity contribution in [2.45, 2.75) is 25.9 Å². The molecule has 2 heterocycles. The molecule has 8 heteroatoms. The Morgan fingerprint density at radius 1 is 1.15 bits per heavy atom. The van der Waals surface area contributed by atoms with E-state index < -0.39 is 10.0 Å². The number of sulfonamides is 1. The molecular weight excluding hydrogens is 354 g/mol. The molecule has 1 fully saturated rings. The molecule has 0 N–H and O–H groups in total. The van der Waals surface area contributed by atoms with Gasteiger partial charge in [0.15, 0.2) is 0 Å². The minimum Gasteiger partial charge on any atom is -0.492 e. The maximum absolute atomic E-state index is 12.6. The molecule has 0 spiro atoms. The molecule has 1 aromatic heterocycles. The molecule has 3 rings (SSSR count). The molecule has 0 aliphatic carbocycles. The van der Waals surface area contributed by atoms with E-state index in [0.29, 0.717) is 24.7 Å². The molecule has 1 aromatic carbocycles. The fourth-order valence-electron chi connectivity index (χ4n) is 2.78. The second-order valence-electron chi connectivity index (χ2n) is 6.23. The lowest BCUT2D eigenvalue weighted by Crippen LogP contribution is -2.45. The van der Waals surface area contributed by atoms with Gasteiger partial charge in [0, 0.05) is 12.6 Å². The van der Waals surface area contributed by atoms with E-state index in [-0.39, 0.29) is 18.5 Å². The molecule has 0 amide bonds. The van der Waals surface area contributed by atoms with Gasteiger partial charge in [0.1, 0.15) is 18.5 Å². The fraction of sp³-hybridized carbons (Fsp3) is 0.444. The topological polar surface area (TPSA) is 81.6 Å². The molecule has 0 saturated carbocycles. The molecule has 1 unspecified atom stereocenters. The van der Waals surface area contributed by atoms with Crippen LogP contribution in [0.3, 0.4) is 0 Å². The van der Waals surface area contributed by atoms with Crippen LogP contribution in [0.5, 0.6) is 11.6 Å². The summed E-state index contributed by atoms with van der Waals surface area (Å²) < 4.78 is 38.0. The predicted molar refractivity (Wildman–Crippen MR) is 97.7 cm³/mol. The minimum atomic E-state index is -3.39. The van der Waals surface area contributed by atoms with Crippen molar-refractivity contribution in [3.63, 3.8) is 0 Å². The zero-order chi connectivity index (χ0) is 18.4. The molecule has 0 radical (unpaired) electrons. The van der Waals surface area contributed by atoms with E-state index in [9.17, 15) is 8.42 Å². The molecule has 1 aliphatic rings. The normalized spacial score (nSPS) is 18.4. The largest absolute Gasteiger partial charge is 0.492 e. The summed E-state index contributed by atoms with van der Waals surface area (Å²) in [6, 6.07) is 12.8. The van der Waals surface area contributed by atoms with Crippen LogP contribution in [0.1, 0.15) is 18.5 Å². The molecule has 2 aromatic rings. The highest BCUT2D eigenvalue weighted by molar-refractivity contribution is 7.89. The Hall–Kier alpha value is -2.19. The molecule has 26 heavy (non-hydrogen) atoms. The first-order valence-corrected chi connectivity index (χ1v) is 10.3. The summed E-state index contributed by atoms with van der Waals surface area (Å²) in [5.74, 6) is 1.03. The van der Waals surface area contributed by atoms with Gasteiger partial charge in [-0.25, -0.2) is 8.42 Å². The van der Waals surface area contributed by atoms with Crippen molar-refractivity contribution in [2.75, 3.05) is 25.4 Å². The molecule has 1 saturated heterocycles. The van der Waals surface area contributed by atoms with E-state index in [1.165, 1.54) is 4.31 Å². The van der Waals surface area contributed by atoms with Gasteiger partial charge in [0.2, 0.25) is 15.9 Å². The third-order valence-corrected chi connectivity index (χ3v) is 5.95. The number of hydrogen-bond donors (Lipinski definition) is 0. The Kier molecular flexibility index (Phi) is 6.05. The lowest BCUT2D eigenvalue weighted by atomic mass is 10.1. The van der Waals surface area contributed by atoms with E-state index in [0.717, 1.165) is 18.5 Å². The van der Waals surface area contributed by atoms with Gasteiger partial charge in [-0.1, -0.05) is 18.2 Å². The summed E-state index contributed by atoms with van der Waals surface area (Å²) in [7, 11) is -3.39. The minimum absolute atomic E-state index is 0.0566. The van der Waals surface area contributed by atoms with Crippen molar-refractivity contribution in [3.8, 4) is 11.6 Å². The second kappa shape index (κ2) is 8.46. The monoisotopic (exact) mass is 377 g/mol. The van der Waals surface area contributed by atoms with Crippen LogP contribution in [-0.2, 0) is 10.0 Å². The van der Waals surface area contributed by atoms with E-state index in [1.807, 2.05) is 31.2 Å². The number of ether oxygens (including phenoxy) is 2. The van der Waals surface area contributed by atoms with Gasteiger partial charge in [-0.15, -0.1) is 5.10 Å². The number of aromatic nitrogens is 2. The Balaban J connectivity index is 1.52. The van der Waals surface area contributed by atoms with Crippen LogP contribution in [-0.4, -0.2) is 54.5 Å². The van der Waals surface area contributed by atoms with Gasteiger partial charge in [-0.05, 0) is 38.0 Å². The third kappa shape index (κ3) is 5.15. The van der Waals surface area contributed by atoms with Crippen molar-refractivity contribution in [1.29, 1.82) is 0 Å². The van der Waals surface area contributed by atoms with Crippen LogP contribution in [0.25, 0.3) is 0 Å². The Labute approximate surface area is 154 Å². The van der Waals surface area contributed by atoms with Gasteiger partial charge in [0.25, 0.3) is 0 Å². The molecule has 0 bridgehead atoms. The Bertz CT molecular complexity index is 797. The first-order valence-electron chi connectivity index (χ1n) is 8.65. The van der Waals surface area contributed by atoms with Crippen LogP contribution in [0.15, 0.2) is 42.5 Å². The molecule has 7 nitrogen and oxygen atoms in total. The predicted octanol–water partition coefficient (Wildman–Crippen LogP) is 2.04. The average Bonchev–Trinajstić information content (AvgIpc) is 2.65. The summed E-state index contributed by atoms with van der Waals surface area (Å²) in [5, 5.41) is 7.94. The van der Waals surface area contributed by atoms with Crippen molar-refractivity contribution in [3.05, 3.63) is 48.2 Å². The smallest absolute Gasteiger partial charge is 0.233 e. The van der Waals surface area contributed by atoms with Crippen LogP contribution >= 0.6 is 0 Å². The Morgan fingerprint density at radius 3 is 2.69 bits per heavy atom. The fourth-order valence-corrected chi connectivity index (χ4v) is 4.14. The van der Waals surface area contributed by atoms with Crippen molar-refractivity contribution >= 4 is 10.0 Å². The molecule has 1 atom stereocenters. The third-order valence-electron chi connectivity index (χ3n) is 4.15. The van der Waals surface area contributed by atoms with Crippen LogP contribution in [0.2, 0.25) is 0 Å². The average molecular weight is 377 g/mol. The SMILES string of the molecule is Cc1ccc(OC2CCCN(S(=O)(=O)CCOc3ccccc3)C2)nn1. The maximum atomic E-state index is 12.6.